The normalized spacial score (nSPS) is 14.0. The molecule has 0 spiro atoms. The maximum Gasteiger partial charge on any atom is 0.251 e. The molecule has 1 aliphatic heterocycles. The molecule has 2 heterocycles. The van der Waals surface area contributed by atoms with Crippen LogP contribution in [0.15, 0.2) is 66.9 Å². The summed E-state index contributed by atoms with van der Waals surface area (Å²) in [6.07, 6.45) is 1.67. The van der Waals surface area contributed by atoms with Crippen molar-refractivity contribution in [3.63, 3.8) is 0 Å². The van der Waals surface area contributed by atoms with Gasteiger partial charge in [-0.25, -0.2) is 4.98 Å². The Morgan fingerprint density at radius 3 is 2.61 bits per heavy atom. The number of carbonyl (C=O) groups excluding carboxylic acids is 1. The number of amides is 1. The number of nitrogens with zero attached hydrogens (tertiary/aromatic N) is 2. The first-order valence-corrected chi connectivity index (χ1v) is 11.2. The number of morpholine rings is 1. The number of hydrogen-bond acceptors (Lipinski definition) is 6. The van der Waals surface area contributed by atoms with Crippen LogP contribution in [-0.2, 0) is 17.8 Å². The van der Waals surface area contributed by atoms with Gasteiger partial charge in [0.15, 0.2) is 0 Å². The Bertz CT molecular complexity index is 1050. The fourth-order valence-electron chi connectivity index (χ4n) is 3.62. The molecule has 1 aliphatic rings. The second-order valence-electron chi connectivity index (χ2n) is 7.78. The van der Waals surface area contributed by atoms with Crippen LogP contribution in [-0.4, -0.2) is 48.7 Å². The standard InChI is InChI=1S/C26H29N3O4/c1-2-32-23-6-8-24(9-7-23)33-25-17-20(10-11-27-25)18-28-26(30)22-5-3-4-21(16-22)19-29-12-14-31-15-13-29/h3-11,16-17H,2,12-15,18-19H2,1H3,(H,28,30). The van der Waals surface area contributed by atoms with Crippen molar-refractivity contribution >= 4 is 5.91 Å². The molecule has 1 aromatic heterocycles. The maximum atomic E-state index is 12.7. The molecular formula is C26H29N3O4. The Morgan fingerprint density at radius 2 is 1.82 bits per heavy atom. The van der Waals surface area contributed by atoms with Gasteiger partial charge in [0.2, 0.25) is 5.88 Å². The predicted molar refractivity (Wildman–Crippen MR) is 126 cm³/mol. The van der Waals surface area contributed by atoms with E-state index in [9.17, 15) is 4.79 Å². The molecule has 7 heteroatoms. The van der Waals surface area contributed by atoms with Crippen LogP contribution in [0.3, 0.4) is 0 Å². The van der Waals surface area contributed by atoms with E-state index in [4.69, 9.17) is 14.2 Å². The molecule has 3 aromatic rings. The summed E-state index contributed by atoms with van der Waals surface area (Å²) in [6.45, 7) is 7.12. The smallest absolute Gasteiger partial charge is 0.251 e. The summed E-state index contributed by atoms with van der Waals surface area (Å²) in [6, 6.07) is 18.9. The van der Waals surface area contributed by atoms with Crippen LogP contribution in [0.2, 0.25) is 0 Å². The Morgan fingerprint density at radius 1 is 1.03 bits per heavy atom. The molecule has 4 rings (SSSR count). The first-order valence-electron chi connectivity index (χ1n) is 11.2. The topological polar surface area (TPSA) is 72.9 Å². The van der Waals surface area contributed by atoms with E-state index in [0.717, 1.165) is 49.7 Å². The van der Waals surface area contributed by atoms with Gasteiger partial charge in [0.1, 0.15) is 11.5 Å². The summed E-state index contributed by atoms with van der Waals surface area (Å²) >= 11 is 0. The van der Waals surface area contributed by atoms with Gasteiger partial charge >= 0.3 is 0 Å². The maximum absolute atomic E-state index is 12.7. The van der Waals surface area contributed by atoms with Crippen molar-refractivity contribution in [2.45, 2.75) is 20.0 Å². The molecule has 7 nitrogen and oxygen atoms in total. The molecule has 0 bridgehead atoms. The van der Waals surface area contributed by atoms with Crippen molar-refractivity contribution in [1.82, 2.24) is 15.2 Å². The second-order valence-corrected chi connectivity index (χ2v) is 7.78. The monoisotopic (exact) mass is 447 g/mol. The number of aromatic nitrogens is 1. The molecule has 33 heavy (non-hydrogen) atoms. The lowest BCUT2D eigenvalue weighted by Crippen LogP contribution is -2.35. The first kappa shape index (κ1) is 22.8. The van der Waals surface area contributed by atoms with E-state index in [1.54, 1.807) is 6.20 Å². The fraction of sp³-hybridized carbons (Fsp3) is 0.308. The number of carbonyl (C=O) groups is 1. The van der Waals surface area contributed by atoms with Crippen molar-refractivity contribution in [2.75, 3.05) is 32.9 Å². The SMILES string of the molecule is CCOc1ccc(Oc2cc(CNC(=O)c3cccc(CN4CCOCC4)c3)ccn2)cc1. The van der Waals surface area contributed by atoms with Crippen molar-refractivity contribution < 1.29 is 19.0 Å². The van der Waals surface area contributed by atoms with Crippen molar-refractivity contribution in [3.8, 4) is 17.4 Å². The van der Waals surface area contributed by atoms with E-state index in [1.807, 2.05) is 61.5 Å². The van der Waals surface area contributed by atoms with Gasteiger partial charge in [-0.1, -0.05) is 12.1 Å². The molecule has 1 saturated heterocycles. The molecule has 2 aromatic carbocycles. The third-order valence-electron chi connectivity index (χ3n) is 5.31. The van der Waals surface area contributed by atoms with Crippen LogP contribution in [0.4, 0.5) is 0 Å². The minimum atomic E-state index is -0.107. The highest BCUT2D eigenvalue weighted by Crippen LogP contribution is 2.23. The van der Waals surface area contributed by atoms with Gasteiger partial charge in [-0.05, 0) is 60.5 Å². The van der Waals surface area contributed by atoms with Crippen molar-refractivity contribution in [2.24, 2.45) is 0 Å². The molecule has 0 saturated carbocycles. The third-order valence-corrected chi connectivity index (χ3v) is 5.31. The number of benzene rings is 2. The Labute approximate surface area is 194 Å². The first-order chi connectivity index (χ1) is 16.2. The van der Waals surface area contributed by atoms with E-state index >= 15 is 0 Å². The van der Waals surface area contributed by atoms with Gasteiger partial charge in [0.25, 0.3) is 5.91 Å². The average molecular weight is 448 g/mol. The number of nitrogens with one attached hydrogen (secondary N) is 1. The predicted octanol–water partition coefficient (Wildman–Crippen LogP) is 4.03. The molecule has 1 amide bonds. The molecule has 172 valence electrons. The highest BCUT2D eigenvalue weighted by atomic mass is 16.5. The third kappa shape index (κ3) is 6.78. The number of hydrogen-bond donors (Lipinski definition) is 1. The quantitative estimate of drug-likeness (QED) is 0.534. The van der Waals surface area contributed by atoms with Gasteiger partial charge in [0.05, 0.1) is 19.8 Å². The zero-order chi connectivity index (χ0) is 22.9. The Hall–Kier alpha value is -3.42. The number of rotatable bonds is 9. The van der Waals surface area contributed by atoms with Crippen molar-refractivity contribution in [1.29, 1.82) is 0 Å². The van der Waals surface area contributed by atoms with Crippen LogP contribution in [0, 0.1) is 0 Å². The summed E-state index contributed by atoms with van der Waals surface area (Å²) in [4.78, 5) is 19.3. The van der Waals surface area contributed by atoms with Crippen LogP contribution >= 0.6 is 0 Å². The van der Waals surface area contributed by atoms with E-state index in [-0.39, 0.29) is 5.91 Å². The summed E-state index contributed by atoms with van der Waals surface area (Å²) in [5.41, 5.74) is 2.68. The van der Waals surface area contributed by atoms with Gasteiger partial charge < -0.3 is 19.5 Å². The zero-order valence-electron chi connectivity index (χ0n) is 18.8. The van der Waals surface area contributed by atoms with Crippen LogP contribution in [0.1, 0.15) is 28.4 Å². The summed E-state index contributed by atoms with van der Waals surface area (Å²) in [7, 11) is 0. The van der Waals surface area contributed by atoms with E-state index < -0.39 is 0 Å². The molecular weight excluding hydrogens is 418 g/mol. The minimum absolute atomic E-state index is 0.107. The Kier molecular flexibility index (Phi) is 7.90. The van der Waals surface area contributed by atoms with Crippen LogP contribution in [0.5, 0.6) is 17.4 Å². The van der Waals surface area contributed by atoms with Gasteiger partial charge in [0, 0.05) is 44.0 Å². The van der Waals surface area contributed by atoms with Gasteiger partial charge in [-0.3, -0.25) is 9.69 Å². The lowest BCUT2D eigenvalue weighted by molar-refractivity contribution is 0.0342. The largest absolute Gasteiger partial charge is 0.494 e. The van der Waals surface area contributed by atoms with Gasteiger partial charge in [-0.15, -0.1) is 0 Å². The van der Waals surface area contributed by atoms with Crippen LogP contribution in [0.25, 0.3) is 0 Å². The second kappa shape index (κ2) is 11.4. The highest BCUT2D eigenvalue weighted by Gasteiger charge is 2.12. The van der Waals surface area contributed by atoms with Gasteiger partial charge in [-0.2, -0.15) is 0 Å². The fourth-order valence-corrected chi connectivity index (χ4v) is 3.62. The molecule has 1 N–H and O–H groups in total. The minimum Gasteiger partial charge on any atom is -0.494 e. The zero-order valence-corrected chi connectivity index (χ0v) is 18.8. The average Bonchev–Trinajstić information content (AvgIpc) is 2.85. The van der Waals surface area contributed by atoms with E-state index in [0.29, 0.717) is 30.3 Å². The number of ether oxygens (including phenoxy) is 3. The molecule has 0 atom stereocenters. The lowest BCUT2D eigenvalue weighted by Gasteiger charge is -2.26. The van der Waals surface area contributed by atoms with E-state index in [2.05, 4.69) is 21.3 Å². The summed E-state index contributed by atoms with van der Waals surface area (Å²) in [5, 5.41) is 2.99. The molecule has 0 aliphatic carbocycles. The highest BCUT2D eigenvalue weighted by molar-refractivity contribution is 5.94. The number of pyridine rings is 1. The molecule has 0 radical (unpaired) electrons. The molecule has 1 fully saturated rings. The van der Waals surface area contributed by atoms with E-state index in [1.165, 1.54) is 0 Å². The lowest BCUT2D eigenvalue weighted by atomic mass is 10.1. The molecule has 0 unspecified atom stereocenters. The summed E-state index contributed by atoms with van der Waals surface area (Å²) in [5.74, 6) is 1.83. The van der Waals surface area contributed by atoms with Crippen LogP contribution < -0.4 is 14.8 Å². The Balaban J connectivity index is 1.32. The summed E-state index contributed by atoms with van der Waals surface area (Å²) < 4.78 is 16.7. The van der Waals surface area contributed by atoms with Crippen molar-refractivity contribution in [3.05, 3.63) is 83.6 Å².